The van der Waals surface area contributed by atoms with Crippen LogP contribution in [0.2, 0.25) is 0 Å². The summed E-state index contributed by atoms with van der Waals surface area (Å²) >= 11 is 0. The van der Waals surface area contributed by atoms with Gasteiger partial charge < -0.3 is 23.7 Å². The van der Waals surface area contributed by atoms with Crippen LogP contribution in [0.3, 0.4) is 0 Å². The maximum absolute atomic E-state index is 13.4. The van der Waals surface area contributed by atoms with Crippen LogP contribution < -0.4 is 9.47 Å². The van der Waals surface area contributed by atoms with Crippen LogP contribution >= 0.6 is 0 Å². The van der Waals surface area contributed by atoms with Crippen LogP contribution in [0.15, 0.2) is 34.7 Å². The minimum atomic E-state index is -0.116. The van der Waals surface area contributed by atoms with E-state index >= 15 is 0 Å². The van der Waals surface area contributed by atoms with E-state index in [-0.39, 0.29) is 31.2 Å². The Kier molecular flexibility index (Phi) is 8.20. The van der Waals surface area contributed by atoms with E-state index in [9.17, 15) is 9.59 Å². The summed E-state index contributed by atoms with van der Waals surface area (Å²) in [5.74, 6) is 2.80. The van der Waals surface area contributed by atoms with Crippen molar-refractivity contribution in [2.75, 3.05) is 13.3 Å². The highest BCUT2D eigenvalue weighted by atomic mass is 16.7. The third kappa shape index (κ3) is 6.28. The topological polar surface area (TPSA) is 72.2 Å². The molecule has 32 heavy (non-hydrogen) atoms. The van der Waals surface area contributed by atoms with Crippen LogP contribution in [-0.4, -0.2) is 41.0 Å². The smallest absolute Gasteiger partial charge is 0.242 e. The highest BCUT2D eigenvalue weighted by Crippen LogP contribution is 2.33. The van der Waals surface area contributed by atoms with Crippen LogP contribution in [0.5, 0.6) is 11.5 Å². The van der Waals surface area contributed by atoms with Gasteiger partial charge in [0.15, 0.2) is 11.5 Å². The summed E-state index contributed by atoms with van der Waals surface area (Å²) in [6, 6.07) is 9.39. The van der Waals surface area contributed by atoms with E-state index in [4.69, 9.17) is 13.9 Å². The average Bonchev–Trinajstić information content (AvgIpc) is 3.39. The number of fused-ring (bicyclic) bond motifs is 1. The largest absolute Gasteiger partial charge is 0.464 e. The Hall–Kier alpha value is -2.96. The molecule has 2 amide bonds. The van der Waals surface area contributed by atoms with Crippen molar-refractivity contribution in [3.63, 3.8) is 0 Å². The summed E-state index contributed by atoms with van der Waals surface area (Å²) in [4.78, 5) is 29.6. The molecule has 2 aromatic rings. The summed E-state index contributed by atoms with van der Waals surface area (Å²) < 4.78 is 16.6. The normalized spacial score (nSPS) is 12.3. The molecule has 0 saturated heterocycles. The van der Waals surface area contributed by atoms with Crippen LogP contribution in [0.1, 0.15) is 63.5 Å². The van der Waals surface area contributed by atoms with Crippen molar-refractivity contribution in [2.24, 2.45) is 0 Å². The molecule has 1 aliphatic heterocycles. The van der Waals surface area contributed by atoms with Crippen molar-refractivity contribution in [3.05, 3.63) is 47.4 Å². The van der Waals surface area contributed by atoms with Crippen molar-refractivity contribution in [1.29, 1.82) is 0 Å². The SMILES string of the molecule is CCCCCC(=O)N(CC(=O)N(Cc1ccc2c(c1)OCO2)Cc1ccc(C)o1)C(C)C. The minimum absolute atomic E-state index is 0.0265. The van der Waals surface area contributed by atoms with Gasteiger partial charge in [0.1, 0.15) is 11.5 Å². The van der Waals surface area contributed by atoms with E-state index in [1.165, 1.54) is 0 Å². The molecule has 0 radical (unpaired) electrons. The lowest BCUT2D eigenvalue weighted by Crippen LogP contribution is -2.45. The number of rotatable bonds is 11. The standard InChI is InChI=1S/C25H34N2O5/c1-5-6-7-8-24(28)27(18(2)3)16-25(29)26(15-21-11-9-19(4)32-21)14-20-10-12-22-23(13-20)31-17-30-22/h9-13,18H,5-8,14-17H2,1-4H3. The van der Waals surface area contributed by atoms with Gasteiger partial charge in [-0.1, -0.05) is 25.8 Å². The van der Waals surface area contributed by atoms with Gasteiger partial charge in [-0.3, -0.25) is 9.59 Å². The summed E-state index contributed by atoms with van der Waals surface area (Å²) in [5.41, 5.74) is 0.927. The minimum Gasteiger partial charge on any atom is -0.464 e. The molecule has 3 rings (SSSR count). The number of carbonyl (C=O) groups excluding carboxylic acids is 2. The molecule has 1 aromatic carbocycles. The second-order valence-corrected chi connectivity index (χ2v) is 8.52. The number of hydrogen-bond donors (Lipinski definition) is 0. The van der Waals surface area contributed by atoms with Gasteiger partial charge in [0.05, 0.1) is 13.1 Å². The maximum atomic E-state index is 13.4. The van der Waals surface area contributed by atoms with Gasteiger partial charge in [-0.25, -0.2) is 0 Å². The number of furan rings is 1. The van der Waals surface area contributed by atoms with E-state index in [1.807, 2.05) is 51.1 Å². The molecule has 7 nitrogen and oxygen atoms in total. The number of ether oxygens (including phenoxy) is 2. The number of amides is 2. The van der Waals surface area contributed by atoms with Crippen molar-refractivity contribution in [2.45, 2.75) is 72.5 Å². The molecule has 0 atom stereocenters. The van der Waals surface area contributed by atoms with Crippen molar-refractivity contribution in [3.8, 4) is 11.5 Å². The van der Waals surface area contributed by atoms with Gasteiger partial charge >= 0.3 is 0 Å². The van der Waals surface area contributed by atoms with Crippen molar-refractivity contribution < 1.29 is 23.5 Å². The molecule has 174 valence electrons. The van der Waals surface area contributed by atoms with E-state index in [0.29, 0.717) is 36.8 Å². The molecule has 0 aliphatic carbocycles. The molecule has 0 bridgehead atoms. The van der Waals surface area contributed by atoms with Crippen LogP contribution in [0.25, 0.3) is 0 Å². The number of unbranched alkanes of at least 4 members (excludes halogenated alkanes) is 2. The Labute approximate surface area is 190 Å². The van der Waals surface area contributed by atoms with Gasteiger partial charge in [0.25, 0.3) is 0 Å². The molecular formula is C25H34N2O5. The number of carbonyl (C=O) groups is 2. The van der Waals surface area contributed by atoms with Crippen molar-refractivity contribution >= 4 is 11.8 Å². The fourth-order valence-corrected chi connectivity index (χ4v) is 3.72. The van der Waals surface area contributed by atoms with Crippen LogP contribution in [-0.2, 0) is 22.7 Å². The van der Waals surface area contributed by atoms with E-state index in [0.717, 1.165) is 30.6 Å². The predicted molar refractivity (Wildman–Crippen MR) is 121 cm³/mol. The van der Waals surface area contributed by atoms with Gasteiger partial charge in [-0.05, 0) is 57.0 Å². The maximum Gasteiger partial charge on any atom is 0.242 e. The molecule has 0 saturated carbocycles. The Balaban J connectivity index is 1.74. The second kappa shape index (κ2) is 11.1. The molecule has 2 heterocycles. The summed E-state index contributed by atoms with van der Waals surface area (Å²) in [5, 5.41) is 0. The van der Waals surface area contributed by atoms with E-state index < -0.39 is 0 Å². The molecule has 1 aromatic heterocycles. The number of nitrogens with zero attached hydrogens (tertiary/aromatic N) is 2. The Bertz CT molecular complexity index is 921. The third-order valence-corrected chi connectivity index (χ3v) is 5.55. The zero-order valence-electron chi connectivity index (χ0n) is 19.6. The Morgan fingerprint density at radius 1 is 1.00 bits per heavy atom. The first kappa shape index (κ1) is 23.7. The van der Waals surface area contributed by atoms with E-state index in [1.54, 1.807) is 9.80 Å². The Morgan fingerprint density at radius 3 is 2.47 bits per heavy atom. The lowest BCUT2D eigenvalue weighted by Gasteiger charge is -2.30. The molecular weight excluding hydrogens is 408 g/mol. The first-order valence-electron chi connectivity index (χ1n) is 11.4. The fraction of sp³-hybridized carbons (Fsp3) is 0.520. The first-order valence-corrected chi connectivity index (χ1v) is 11.4. The predicted octanol–water partition coefficient (Wildman–Crippen LogP) is 4.66. The molecule has 7 heteroatoms. The van der Waals surface area contributed by atoms with Gasteiger partial charge in [-0.2, -0.15) is 0 Å². The van der Waals surface area contributed by atoms with Crippen LogP contribution in [0, 0.1) is 6.92 Å². The lowest BCUT2D eigenvalue weighted by molar-refractivity contribution is -0.143. The summed E-state index contributed by atoms with van der Waals surface area (Å²) in [6.45, 7) is 8.85. The fourth-order valence-electron chi connectivity index (χ4n) is 3.72. The molecule has 0 unspecified atom stereocenters. The first-order chi connectivity index (χ1) is 15.4. The zero-order chi connectivity index (χ0) is 23.1. The van der Waals surface area contributed by atoms with Gasteiger partial charge in [0, 0.05) is 19.0 Å². The van der Waals surface area contributed by atoms with Crippen LogP contribution in [0.4, 0.5) is 0 Å². The molecule has 1 aliphatic rings. The van der Waals surface area contributed by atoms with E-state index in [2.05, 4.69) is 6.92 Å². The van der Waals surface area contributed by atoms with Crippen molar-refractivity contribution in [1.82, 2.24) is 9.80 Å². The molecule has 0 N–H and O–H groups in total. The monoisotopic (exact) mass is 442 g/mol. The quantitative estimate of drug-likeness (QED) is 0.473. The highest BCUT2D eigenvalue weighted by molar-refractivity contribution is 5.85. The molecule has 0 spiro atoms. The molecule has 0 fully saturated rings. The average molecular weight is 443 g/mol. The Morgan fingerprint density at radius 2 is 1.78 bits per heavy atom. The third-order valence-electron chi connectivity index (χ3n) is 5.55. The van der Waals surface area contributed by atoms with Gasteiger partial charge in [0.2, 0.25) is 18.6 Å². The van der Waals surface area contributed by atoms with Gasteiger partial charge in [-0.15, -0.1) is 0 Å². The number of aryl methyl sites for hydroxylation is 1. The summed E-state index contributed by atoms with van der Waals surface area (Å²) in [6.07, 6.45) is 3.39. The second-order valence-electron chi connectivity index (χ2n) is 8.52. The highest BCUT2D eigenvalue weighted by Gasteiger charge is 2.25. The zero-order valence-corrected chi connectivity index (χ0v) is 19.6. The number of benzene rings is 1. The lowest BCUT2D eigenvalue weighted by atomic mass is 10.1. The summed E-state index contributed by atoms with van der Waals surface area (Å²) in [7, 11) is 0. The number of hydrogen-bond acceptors (Lipinski definition) is 5.